The summed E-state index contributed by atoms with van der Waals surface area (Å²) in [6, 6.07) is 0. The van der Waals surface area contributed by atoms with Crippen molar-refractivity contribution in [2.45, 2.75) is 50.5 Å². The highest BCUT2D eigenvalue weighted by molar-refractivity contribution is 4.95. The minimum absolute atomic E-state index is 0.209. The zero-order chi connectivity index (χ0) is 9.15. The molecule has 13 heavy (non-hydrogen) atoms. The molecule has 2 rings (SSSR count). The lowest BCUT2D eigenvalue weighted by molar-refractivity contribution is 0.161. The number of piperidine rings is 1. The first kappa shape index (κ1) is 9.47. The van der Waals surface area contributed by atoms with Gasteiger partial charge in [0.25, 0.3) is 0 Å². The first-order valence-corrected chi connectivity index (χ1v) is 5.81. The molecular weight excluding hydrogens is 160 g/mol. The average Bonchev–Trinajstić information content (AvgIpc) is 2.20. The smallest absolute Gasteiger partial charge is 0.0183 e. The summed E-state index contributed by atoms with van der Waals surface area (Å²) in [7, 11) is 0. The molecule has 1 saturated carbocycles. The number of hydrogen-bond donors (Lipinski definition) is 2. The van der Waals surface area contributed by atoms with Gasteiger partial charge in [-0.3, -0.25) is 0 Å². The van der Waals surface area contributed by atoms with Gasteiger partial charge in [0.2, 0.25) is 0 Å². The van der Waals surface area contributed by atoms with Crippen molar-refractivity contribution in [3.63, 3.8) is 0 Å². The van der Waals surface area contributed by atoms with E-state index in [4.69, 9.17) is 5.73 Å². The van der Waals surface area contributed by atoms with E-state index in [1.807, 2.05) is 0 Å². The molecule has 76 valence electrons. The predicted molar refractivity (Wildman–Crippen MR) is 55.6 cm³/mol. The van der Waals surface area contributed by atoms with Gasteiger partial charge in [0, 0.05) is 5.54 Å². The van der Waals surface area contributed by atoms with E-state index in [0.717, 1.165) is 5.92 Å². The van der Waals surface area contributed by atoms with E-state index in [-0.39, 0.29) is 5.54 Å². The van der Waals surface area contributed by atoms with Crippen LogP contribution in [-0.2, 0) is 0 Å². The van der Waals surface area contributed by atoms with Crippen LogP contribution < -0.4 is 11.1 Å². The van der Waals surface area contributed by atoms with E-state index in [2.05, 4.69) is 5.32 Å². The molecule has 0 atom stereocenters. The maximum atomic E-state index is 6.51. The lowest BCUT2D eigenvalue weighted by atomic mass is 9.70. The third kappa shape index (κ3) is 2.05. The molecule has 2 heteroatoms. The normalized spacial score (nSPS) is 30.2. The van der Waals surface area contributed by atoms with E-state index >= 15 is 0 Å². The summed E-state index contributed by atoms with van der Waals surface area (Å²) in [5.41, 5.74) is 6.71. The summed E-state index contributed by atoms with van der Waals surface area (Å²) in [5.74, 6) is 0.800. The Labute approximate surface area is 81.3 Å². The highest BCUT2D eigenvalue weighted by Gasteiger charge is 2.36. The van der Waals surface area contributed by atoms with Gasteiger partial charge in [-0.1, -0.05) is 19.3 Å². The molecule has 0 aromatic heterocycles. The van der Waals surface area contributed by atoms with Crippen LogP contribution in [0, 0.1) is 5.92 Å². The Kier molecular flexibility index (Phi) is 2.89. The van der Waals surface area contributed by atoms with Crippen molar-refractivity contribution >= 4 is 0 Å². The number of hydrogen-bond acceptors (Lipinski definition) is 2. The summed E-state index contributed by atoms with van der Waals surface area (Å²) in [5, 5.41) is 3.42. The van der Waals surface area contributed by atoms with Crippen molar-refractivity contribution < 1.29 is 0 Å². The lowest BCUT2D eigenvalue weighted by Gasteiger charge is -2.42. The topological polar surface area (TPSA) is 38.0 Å². The number of nitrogens with two attached hydrogens (primary N) is 1. The molecule has 1 heterocycles. The van der Waals surface area contributed by atoms with Crippen molar-refractivity contribution in [3.05, 3.63) is 0 Å². The summed E-state index contributed by atoms with van der Waals surface area (Å²) < 4.78 is 0. The summed E-state index contributed by atoms with van der Waals surface area (Å²) in [6.07, 6.45) is 9.28. The molecule has 1 aliphatic carbocycles. The van der Waals surface area contributed by atoms with E-state index in [1.54, 1.807) is 0 Å². The van der Waals surface area contributed by atoms with E-state index < -0.39 is 0 Å². The van der Waals surface area contributed by atoms with Crippen LogP contribution in [-0.4, -0.2) is 18.6 Å². The highest BCUT2D eigenvalue weighted by Crippen LogP contribution is 2.36. The fourth-order valence-corrected chi connectivity index (χ4v) is 3.02. The van der Waals surface area contributed by atoms with Crippen molar-refractivity contribution in [1.82, 2.24) is 5.32 Å². The highest BCUT2D eigenvalue weighted by atomic mass is 14.9. The van der Waals surface area contributed by atoms with Crippen LogP contribution in [0.5, 0.6) is 0 Å². The molecule has 0 aromatic carbocycles. The van der Waals surface area contributed by atoms with E-state index in [1.165, 1.54) is 58.0 Å². The van der Waals surface area contributed by atoms with Crippen LogP contribution >= 0.6 is 0 Å². The number of rotatable bonds is 1. The number of nitrogens with one attached hydrogen (secondary N) is 1. The zero-order valence-electron chi connectivity index (χ0n) is 8.52. The SMILES string of the molecule is NC1(C2CCNCC2)CCCCC1. The summed E-state index contributed by atoms with van der Waals surface area (Å²) >= 11 is 0. The Balaban J connectivity index is 1.94. The second-order valence-electron chi connectivity index (χ2n) is 4.82. The molecule has 1 saturated heterocycles. The van der Waals surface area contributed by atoms with Crippen molar-refractivity contribution in [2.24, 2.45) is 11.7 Å². The van der Waals surface area contributed by atoms with Crippen LogP contribution in [0.2, 0.25) is 0 Å². The maximum Gasteiger partial charge on any atom is 0.0183 e. The maximum absolute atomic E-state index is 6.51. The van der Waals surface area contributed by atoms with Crippen LogP contribution in [0.4, 0.5) is 0 Å². The Morgan fingerprint density at radius 2 is 1.62 bits per heavy atom. The Bertz CT molecular complexity index is 155. The average molecular weight is 182 g/mol. The van der Waals surface area contributed by atoms with Gasteiger partial charge in [-0.05, 0) is 44.7 Å². The van der Waals surface area contributed by atoms with Crippen molar-refractivity contribution in [2.75, 3.05) is 13.1 Å². The van der Waals surface area contributed by atoms with Crippen LogP contribution in [0.25, 0.3) is 0 Å². The molecule has 0 unspecified atom stereocenters. The van der Waals surface area contributed by atoms with Gasteiger partial charge >= 0.3 is 0 Å². The quantitative estimate of drug-likeness (QED) is 0.647. The standard InChI is InChI=1S/C11H22N2/c12-11(6-2-1-3-7-11)10-4-8-13-9-5-10/h10,13H,1-9,12H2. The lowest BCUT2D eigenvalue weighted by Crippen LogP contribution is -2.51. The van der Waals surface area contributed by atoms with Gasteiger partial charge in [-0.2, -0.15) is 0 Å². The monoisotopic (exact) mass is 182 g/mol. The summed E-state index contributed by atoms with van der Waals surface area (Å²) in [6.45, 7) is 2.37. The van der Waals surface area contributed by atoms with Gasteiger partial charge in [0.15, 0.2) is 0 Å². The van der Waals surface area contributed by atoms with Gasteiger partial charge in [0.1, 0.15) is 0 Å². The minimum atomic E-state index is 0.209. The fraction of sp³-hybridized carbons (Fsp3) is 1.00. The van der Waals surface area contributed by atoms with E-state index in [0.29, 0.717) is 0 Å². The second-order valence-corrected chi connectivity index (χ2v) is 4.82. The van der Waals surface area contributed by atoms with Crippen LogP contribution in [0.1, 0.15) is 44.9 Å². The molecule has 2 fully saturated rings. The van der Waals surface area contributed by atoms with Crippen LogP contribution in [0.3, 0.4) is 0 Å². The first-order valence-electron chi connectivity index (χ1n) is 5.81. The summed E-state index contributed by atoms with van der Waals surface area (Å²) in [4.78, 5) is 0. The van der Waals surface area contributed by atoms with E-state index in [9.17, 15) is 0 Å². The predicted octanol–water partition coefficient (Wildman–Crippen LogP) is 1.65. The molecule has 3 N–H and O–H groups in total. The third-order valence-electron chi connectivity index (χ3n) is 3.94. The zero-order valence-corrected chi connectivity index (χ0v) is 8.52. The van der Waals surface area contributed by atoms with Gasteiger partial charge < -0.3 is 11.1 Å². The van der Waals surface area contributed by atoms with Gasteiger partial charge in [0.05, 0.1) is 0 Å². The minimum Gasteiger partial charge on any atom is -0.325 e. The largest absolute Gasteiger partial charge is 0.325 e. The molecule has 0 amide bonds. The molecule has 2 aliphatic rings. The molecule has 2 nitrogen and oxygen atoms in total. The molecule has 0 spiro atoms. The second kappa shape index (κ2) is 3.97. The molecule has 0 radical (unpaired) electrons. The first-order chi connectivity index (χ1) is 6.31. The Morgan fingerprint density at radius 3 is 2.23 bits per heavy atom. The van der Waals surface area contributed by atoms with Gasteiger partial charge in [-0.15, -0.1) is 0 Å². The van der Waals surface area contributed by atoms with Gasteiger partial charge in [-0.25, -0.2) is 0 Å². The third-order valence-corrected chi connectivity index (χ3v) is 3.94. The van der Waals surface area contributed by atoms with Crippen molar-refractivity contribution in [3.8, 4) is 0 Å². The Hall–Kier alpha value is -0.0800. The van der Waals surface area contributed by atoms with Crippen molar-refractivity contribution in [1.29, 1.82) is 0 Å². The molecule has 1 aliphatic heterocycles. The Morgan fingerprint density at radius 1 is 1.00 bits per heavy atom. The van der Waals surface area contributed by atoms with Crippen LogP contribution in [0.15, 0.2) is 0 Å². The molecular formula is C11H22N2. The molecule has 0 aromatic rings. The molecule has 0 bridgehead atoms. The fourth-order valence-electron chi connectivity index (χ4n) is 3.02.